The third-order valence-electron chi connectivity index (χ3n) is 4.15. The highest BCUT2D eigenvalue weighted by atomic mass is 79.9. The van der Waals surface area contributed by atoms with Crippen LogP contribution in [0.25, 0.3) is 0 Å². The number of amides is 1. The van der Waals surface area contributed by atoms with Gasteiger partial charge in [0.2, 0.25) is 5.91 Å². The maximum Gasteiger partial charge on any atom is 0.230 e. The molecule has 0 saturated carbocycles. The Morgan fingerprint density at radius 2 is 1.96 bits per heavy atom. The number of benzene rings is 1. The zero-order chi connectivity index (χ0) is 16.5. The first-order chi connectivity index (χ1) is 11.7. The topological polar surface area (TPSA) is 60.5 Å². The Bertz CT molecular complexity index is 767. The molecule has 1 amide bonds. The minimum absolute atomic E-state index is 0.0709. The fourth-order valence-corrected chi connectivity index (χ4v) is 4.51. The van der Waals surface area contributed by atoms with Gasteiger partial charge >= 0.3 is 0 Å². The Morgan fingerprint density at radius 1 is 1.21 bits per heavy atom. The Balaban J connectivity index is 1.47. The zero-order valence-electron chi connectivity index (χ0n) is 13.1. The summed E-state index contributed by atoms with van der Waals surface area (Å²) >= 11 is 5.11. The zero-order valence-corrected chi connectivity index (χ0v) is 15.5. The van der Waals surface area contributed by atoms with Crippen LogP contribution in [0.5, 0.6) is 11.5 Å². The lowest BCUT2D eigenvalue weighted by molar-refractivity contribution is -0.115. The van der Waals surface area contributed by atoms with E-state index in [2.05, 4.69) is 26.2 Å². The van der Waals surface area contributed by atoms with Gasteiger partial charge in [0.05, 0.1) is 12.1 Å². The number of ether oxygens (including phenoxy) is 2. The number of hydrogen-bond donors (Lipinski definition) is 1. The van der Waals surface area contributed by atoms with Crippen LogP contribution in [0.4, 0.5) is 5.13 Å². The van der Waals surface area contributed by atoms with Crippen LogP contribution in [0.15, 0.2) is 16.6 Å². The first kappa shape index (κ1) is 15.9. The van der Waals surface area contributed by atoms with Crippen LogP contribution in [0.3, 0.4) is 0 Å². The van der Waals surface area contributed by atoms with E-state index in [4.69, 9.17) is 9.47 Å². The van der Waals surface area contributed by atoms with E-state index in [0.717, 1.165) is 28.6 Å². The van der Waals surface area contributed by atoms with E-state index < -0.39 is 0 Å². The van der Waals surface area contributed by atoms with Crippen LogP contribution in [0.1, 0.15) is 29.0 Å². The van der Waals surface area contributed by atoms with E-state index in [1.54, 1.807) is 11.3 Å². The number of aryl methyl sites for hydroxylation is 2. The number of aromatic nitrogens is 1. The van der Waals surface area contributed by atoms with Gasteiger partial charge in [-0.2, -0.15) is 0 Å². The molecule has 4 rings (SSSR count). The molecule has 5 nitrogen and oxygen atoms in total. The predicted molar refractivity (Wildman–Crippen MR) is 96.2 cm³/mol. The van der Waals surface area contributed by atoms with Crippen LogP contribution in [0, 0.1) is 0 Å². The van der Waals surface area contributed by atoms with Gasteiger partial charge in [-0.05, 0) is 43.4 Å². The molecule has 2 heterocycles. The van der Waals surface area contributed by atoms with Crippen molar-refractivity contribution < 1.29 is 14.3 Å². The highest BCUT2D eigenvalue weighted by Crippen LogP contribution is 2.36. The molecular formula is C17H17BrN2O3S. The van der Waals surface area contributed by atoms with Crippen molar-refractivity contribution in [3.63, 3.8) is 0 Å². The largest absolute Gasteiger partial charge is 0.486 e. The molecule has 0 fully saturated rings. The number of halogens is 1. The van der Waals surface area contributed by atoms with Crippen LogP contribution in [0.2, 0.25) is 0 Å². The molecule has 126 valence electrons. The standard InChI is InChI=1S/C17H17BrN2O3S/c18-11-9-14-13(22-5-6-23-14)7-10(11)8-16(21)20-17-19-12-3-1-2-4-15(12)24-17/h7,9H,1-6,8H2,(H,19,20,21). The molecule has 2 aromatic rings. The summed E-state index contributed by atoms with van der Waals surface area (Å²) in [5.74, 6) is 1.33. The fraction of sp³-hybridized carbons (Fsp3) is 0.412. The maximum absolute atomic E-state index is 12.4. The van der Waals surface area contributed by atoms with Gasteiger partial charge in [0, 0.05) is 9.35 Å². The van der Waals surface area contributed by atoms with Crippen LogP contribution in [-0.4, -0.2) is 24.1 Å². The molecule has 0 saturated heterocycles. The van der Waals surface area contributed by atoms with Crippen molar-refractivity contribution in [3.05, 3.63) is 32.7 Å². The number of nitrogens with one attached hydrogen (secondary N) is 1. The number of carbonyl (C=O) groups is 1. The second-order valence-corrected chi connectivity index (χ2v) is 7.85. The molecule has 1 aromatic carbocycles. The summed E-state index contributed by atoms with van der Waals surface area (Å²) in [6.45, 7) is 1.08. The first-order valence-corrected chi connectivity index (χ1v) is 9.66. The van der Waals surface area contributed by atoms with Crippen molar-refractivity contribution in [2.45, 2.75) is 32.1 Å². The van der Waals surface area contributed by atoms with Gasteiger partial charge in [-0.3, -0.25) is 4.79 Å². The Labute approximate surface area is 152 Å². The second-order valence-electron chi connectivity index (χ2n) is 5.91. The van der Waals surface area contributed by atoms with E-state index in [1.807, 2.05) is 12.1 Å². The number of fused-ring (bicyclic) bond motifs is 2. The first-order valence-electron chi connectivity index (χ1n) is 8.05. The summed E-state index contributed by atoms with van der Waals surface area (Å²) in [7, 11) is 0. The SMILES string of the molecule is O=C(Cc1cc2c(cc1Br)OCCO2)Nc1nc2c(s1)CCCC2. The smallest absolute Gasteiger partial charge is 0.230 e. The lowest BCUT2D eigenvalue weighted by Gasteiger charge is -2.19. The van der Waals surface area contributed by atoms with Crippen molar-refractivity contribution in [1.29, 1.82) is 0 Å². The molecule has 0 atom stereocenters. The van der Waals surface area contributed by atoms with Crippen LogP contribution < -0.4 is 14.8 Å². The highest BCUT2D eigenvalue weighted by molar-refractivity contribution is 9.10. The molecule has 1 aliphatic carbocycles. The average molecular weight is 409 g/mol. The van der Waals surface area contributed by atoms with Crippen molar-refractivity contribution in [3.8, 4) is 11.5 Å². The van der Waals surface area contributed by atoms with Gasteiger partial charge in [-0.15, -0.1) is 11.3 Å². The Kier molecular flexibility index (Phi) is 4.45. The predicted octanol–water partition coefficient (Wildman–Crippen LogP) is 3.74. The number of carbonyl (C=O) groups excluding carboxylic acids is 1. The van der Waals surface area contributed by atoms with E-state index in [1.165, 1.54) is 17.7 Å². The van der Waals surface area contributed by atoms with Gasteiger partial charge in [-0.25, -0.2) is 4.98 Å². The molecule has 24 heavy (non-hydrogen) atoms. The molecular weight excluding hydrogens is 392 g/mol. The second kappa shape index (κ2) is 6.72. The molecule has 7 heteroatoms. The summed E-state index contributed by atoms with van der Waals surface area (Å²) in [4.78, 5) is 18.2. The third-order valence-corrected chi connectivity index (χ3v) is 5.97. The minimum atomic E-state index is -0.0709. The summed E-state index contributed by atoms with van der Waals surface area (Å²) in [5, 5.41) is 3.64. The maximum atomic E-state index is 12.4. The number of anilines is 1. The molecule has 0 radical (unpaired) electrons. The number of thiazole rings is 1. The van der Waals surface area contributed by atoms with Gasteiger partial charge in [0.25, 0.3) is 0 Å². The number of nitrogens with zero attached hydrogens (tertiary/aromatic N) is 1. The average Bonchev–Trinajstić information content (AvgIpc) is 2.97. The lowest BCUT2D eigenvalue weighted by atomic mass is 10.0. The molecule has 0 bridgehead atoms. The highest BCUT2D eigenvalue weighted by Gasteiger charge is 2.19. The molecule has 1 N–H and O–H groups in total. The van der Waals surface area contributed by atoms with Gasteiger partial charge in [-0.1, -0.05) is 15.9 Å². The minimum Gasteiger partial charge on any atom is -0.486 e. The quantitative estimate of drug-likeness (QED) is 0.839. The Hall–Kier alpha value is -1.60. The third kappa shape index (κ3) is 3.28. The number of rotatable bonds is 3. The van der Waals surface area contributed by atoms with E-state index in [0.29, 0.717) is 29.8 Å². The summed E-state index contributed by atoms with van der Waals surface area (Å²) in [6, 6.07) is 3.73. The van der Waals surface area contributed by atoms with Crippen LogP contribution >= 0.6 is 27.3 Å². The molecule has 0 spiro atoms. The normalized spacial score (nSPS) is 15.7. The number of hydrogen-bond acceptors (Lipinski definition) is 5. The van der Waals surface area contributed by atoms with Crippen molar-refractivity contribution in [1.82, 2.24) is 4.98 Å². The van der Waals surface area contributed by atoms with E-state index in [9.17, 15) is 4.79 Å². The summed E-state index contributed by atoms with van der Waals surface area (Å²) in [6.07, 6.45) is 4.77. The Morgan fingerprint density at radius 3 is 2.75 bits per heavy atom. The van der Waals surface area contributed by atoms with Gasteiger partial charge < -0.3 is 14.8 Å². The molecule has 1 aromatic heterocycles. The van der Waals surface area contributed by atoms with Gasteiger partial charge in [0.1, 0.15) is 13.2 Å². The van der Waals surface area contributed by atoms with E-state index in [-0.39, 0.29) is 12.3 Å². The molecule has 0 unspecified atom stereocenters. The molecule has 1 aliphatic heterocycles. The van der Waals surface area contributed by atoms with Crippen molar-refractivity contribution >= 4 is 38.3 Å². The van der Waals surface area contributed by atoms with Crippen molar-refractivity contribution in [2.24, 2.45) is 0 Å². The monoisotopic (exact) mass is 408 g/mol. The van der Waals surface area contributed by atoms with E-state index >= 15 is 0 Å². The summed E-state index contributed by atoms with van der Waals surface area (Å²) in [5.41, 5.74) is 2.03. The fourth-order valence-electron chi connectivity index (χ4n) is 2.98. The van der Waals surface area contributed by atoms with Crippen molar-refractivity contribution in [2.75, 3.05) is 18.5 Å². The molecule has 2 aliphatic rings. The summed E-state index contributed by atoms with van der Waals surface area (Å²) < 4.78 is 12.0. The lowest BCUT2D eigenvalue weighted by Crippen LogP contribution is -2.17. The van der Waals surface area contributed by atoms with Crippen LogP contribution in [-0.2, 0) is 24.1 Å². The van der Waals surface area contributed by atoms with Gasteiger partial charge in [0.15, 0.2) is 16.6 Å².